The van der Waals surface area contributed by atoms with Gasteiger partial charge in [-0.3, -0.25) is 0 Å². The Bertz CT molecular complexity index is 419. The molecular formula is C12H15FN2O2. The summed E-state index contributed by atoms with van der Waals surface area (Å²) in [5.74, 6) is -0.206. The van der Waals surface area contributed by atoms with Gasteiger partial charge in [0, 0.05) is 18.8 Å². The molecule has 0 radical (unpaired) electrons. The van der Waals surface area contributed by atoms with E-state index in [2.05, 4.69) is 10.6 Å². The lowest BCUT2D eigenvalue weighted by atomic mass is 9.96. The number of amides is 2. The van der Waals surface area contributed by atoms with Gasteiger partial charge in [0.2, 0.25) is 0 Å². The minimum atomic E-state index is -0.453. The second kappa shape index (κ2) is 5.03. The van der Waals surface area contributed by atoms with Crippen molar-refractivity contribution in [3.63, 3.8) is 0 Å². The van der Waals surface area contributed by atoms with Gasteiger partial charge in [0.15, 0.2) is 11.6 Å². The molecule has 1 saturated carbocycles. The third-order valence-electron chi connectivity index (χ3n) is 2.76. The molecule has 2 amide bonds. The average molecular weight is 238 g/mol. The summed E-state index contributed by atoms with van der Waals surface area (Å²) in [6.45, 7) is 0. The third kappa shape index (κ3) is 2.87. The number of rotatable bonds is 3. The van der Waals surface area contributed by atoms with E-state index in [0.717, 1.165) is 19.3 Å². The number of urea groups is 1. The van der Waals surface area contributed by atoms with Gasteiger partial charge in [-0.15, -0.1) is 0 Å². The Morgan fingerprint density at radius 2 is 2.24 bits per heavy atom. The van der Waals surface area contributed by atoms with Crippen LogP contribution in [0.4, 0.5) is 14.9 Å². The van der Waals surface area contributed by atoms with E-state index in [-0.39, 0.29) is 17.9 Å². The Kier molecular flexibility index (Phi) is 3.46. The van der Waals surface area contributed by atoms with E-state index in [1.165, 1.54) is 13.1 Å². The maximum atomic E-state index is 13.6. The molecule has 4 nitrogen and oxygen atoms in total. The normalized spacial score (nSPS) is 14.9. The highest BCUT2D eigenvalue weighted by Gasteiger charge is 2.20. The van der Waals surface area contributed by atoms with Crippen LogP contribution in [-0.2, 0) is 0 Å². The van der Waals surface area contributed by atoms with Crippen molar-refractivity contribution in [2.24, 2.45) is 0 Å². The minimum absolute atomic E-state index is 0.141. The number of hydrogen-bond donors (Lipinski definition) is 2. The predicted octanol–water partition coefficient (Wildman–Crippen LogP) is 2.51. The van der Waals surface area contributed by atoms with Crippen LogP contribution in [0, 0.1) is 5.82 Å². The molecule has 92 valence electrons. The molecule has 0 heterocycles. The number of carbonyl (C=O) groups excluding carboxylic acids is 1. The molecule has 1 aromatic carbocycles. The Balaban J connectivity index is 2.02. The van der Waals surface area contributed by atoms with Gasteiger partial charge in [0.1, 0.15) is 0 Å². The van der Waals surface area contributed by atoms with Crippen molar-refractivity contribution in [3.05, 3.63) is 24.0 Å². The Morgan fingerprint density at radius 3 is 2.76 bits per heavy atom. The SMILES string of the molecule is CNC(=O)Nc1ccc(OC2CCC2)c(F)c1. The number of anilines is 1. The summed E-state index contributed by atoms with van der Waals surface area (Å²) in [6, 6.07) is 4.03. The summed E-state index contributed by atoms with van der Waals surface area (Å²) in [7, 11) is 1.50. The summed E-state index contributed by atoms with van der Waals surface area (Å²) >= 11 is 0. The molecule has 0 unspecified atom stereocenters. The van der Waals surface area contributed by atoms with Gasteiger partial charge in [-0.25, -0.2) is 9.18 Å². The van der Waals surface area contributed by atoms with E-state index in [9.17, 15) is 9.18 Å². The molecule has 17 heavy (non-hydrogen) atoms. The number of nitrogens with one attached hydrogen (secondary N) is 2. The summed E-state index contributed by atoms with van der Waals surface area (Å²) < 4.78 is 19.1. The standard InChI is InChI=1S/C12H15FN2O2/c1-14-12(16)15-8-5-6-11(10(13)7-8)17-9-3-2-4-9/h5-7,9H,2-4H2,1H3,(H2,14,15,16). The second-order valence-corrected chi connectivity index (χ2v) is 4.02. The molecule has 0 saturated heterocycles. The zero-order chi connectivity index (χ0) is 12.3. The van der Waals surface area contributed by atoms with Crippen molar-refractivity contribution in [2.45, 2.75) is 25.4 Å². The van der Waals surface area contributed by atoms with E-state index >= 15 is 0 Å². The molecule has 0 spiro atoms. The fraction of sp³-hybridized carbons (Fsp3) is 0.417. The molecule has 2 rings (SSSR count). The first kappa shape index (κ1) is 11.7. The largest absolute Gasteiger partial charge is 0.487 e. The van der Waals surface area contributed by atoms with Crippen molar-refractivity contribution in [1.29, 1.82) is 0 Å². The quantitative estimate of drug-likeness (QED) is 0.850. The fourth-order valence-electron chi connectivity index (χ4n) is 1.54. The number of hydrogen-bond acceptors (Lipinski definition) is 2. The van der Waals surface area contributed by atoms with Crippen LogP contribution in [0.25, 0.3) is 0 Å². The molecule has 1 fully saturated rings. The summed E-state index contributed by atoms with van der Waals surface area (Å²) in [5, 5.41) is 4.89. The van der Waals surface area contributed by atoms with E-state index < -0.39 is 5.82 Å². The second-order valence-electron chi connectivity index (χ2n) is 4.02. The molecule has 1 aliphatic carbocycles. The Labute approximate surface area is 99.2 Å². The minimum Gasteiger partial charge on any atom is -0.487 e. The smallest absolute Gasteiger partial charge is 0.318 e. The van der Waals surface area contributed by atoms with Crippen molar-refractivity contribution >= 4 is 11.7 Å². The maximum Gasteiger partial charge on any atom is 0.318 e. The zero-order valence-corrected chi connectivity index (χ0v) is 9.63. The highest BCUT2D eigenvalue weighted by atomic mass is 19.1. The fourth-order valence-corrected chi connectivity index (χ4v) is 1.54. The summed E-state index contributed by atoms with van der Waals surface area (Å²) in [4.78, 5) is 11.0. The Hall–Kier alpha value is -1.78. The Morgan fingerprint density at radius 1 is 1.47 bits per heavy atom. The van der Waals surface area contributed by atoms with Crippen LogP contribution >= 0.6 is 0 Å². The molecule has 5 heteroatoms. The van der Waals surface area contributed by atoms with Crippen molar-refractivity contribution in [3.8, 4) is 5.75 Å². The van der Waals surface area contributed by atoms with E-state index in [1.54, 1.807) is 12.1 Å². The lowest BCUT2D eigenvalue weighted by molar-refractivity contribution is 0.115. The number of halogens is 1. The van der Waals surface area contributed by atoms with Crippen LogP contribution in [0.5, 0.6) is 5.75 Å². The predicted molar refractivity (Wildman–Crippen MR) is 62.7 cm³/mol. The van der Waals surface area contributed by atoms with Gasteiger partial charge in [-0.1, -0.05) is 0 Å². The zero-order valence-electron chi connectivity index (χ0n) is 9.63. The molecule has 0 atom stereocenters. The van der Waals surface area contributed by atoms with Gasteiger partial charge >= 0.3 is 6.03 Å². The first-order valence-corrected chi connectivity index (χ1v) is 5.64. The van der Waals surface area contributed by atoms with Gasteiger partial charge in [0.05, 0.1) is 6.10 Å². The van der Waals surface area contributed by atoms with E-state index in [1.807, 2.05) is 0 Å². The highest BCUT2D eigenvalue weighted by Crippen LogP contribution is 2.28. The van der Waals surface area contributed by atoms with Crippen LogP contribution in [0.2, 0.25) is 0 Å². The van der Waals surface area contributed by atoms with E-state index in [4.69, 9.17) is 4.74 Å². The van der Waals surface area contributed by atoms with Gasteiger partial charge < -0.3 is 15.4 Å². The van der Waals surface area contributed by atoms with Gasteiger partial charge in [-0.05, 0) is 31.4 Å². The van der Waals surface area contributed by atoms with Crippen molar-refractivity contribution in [1.82, 2.24) is 5.32 Å². The van der Waals surface area contributed by atoms with Gasteiger partial charge in [-0.2, -0.15) is 0 Å². The lowest BCUT2D eigenvalue weighted by Crippen LogP contribution is -2.25. The maximum absolute atomic E-state index is 13.6. The molecule has 0 aromatic heterocycles. The first-order valence-electron chi connectivity index (χ1n) is 5.64. The van der Waals surface area contributed by atoms with Gasteiger partial charge in [0.25, 0.3) is 0 Å². The summed E-state index contributed by atoms with van der Waals surface area (Å²) in [6.07, 6.45) is 3.25. The summed E-state index contributed by atoms with van der Waals surface area (Å²) in [5.41, 5.74) is 0.405. The molecule has 1 aliphatic rings. The van der Waals surface area contributed by atoms with Crippen LogP contribution in [0.15, 0.2) is 18.2 Å². The van der Waals surface area contributed by atoms with Crippen LogP contribution in [0.3, 0.4) is 0 Å². The van der Waals surface area contributed by atoms with E-state index in [0.29, 0.717) is 5.69 Å². The molecule has 2 N–H and O–H groups in total. The average Bonchev–Trinajstić information content (AvgIpc) is 2.25. The third-order valence-corrected chi connectivity index (χ3v) is 2.76. The molecule has 0 aliphatic heterocycles. The molecule has 1 aromatic rings. The van der Waals surface area contributed by atoms with Crippen LogP contribution in [-0.4, -0.2) is 19.2 Å². The number of ether oxygens (including phenoxy) is 1. The first-order chi connectivity index (χ1) is 8.19. The van der Waals surface area contributed by atoms with Crippen molar-refractivity contribution < 1.29 is 13.9 Å². The molecular weight excluding hydrogens is 223 g/mol. The monoisotopic (exact) mass is 238 g/mol. The number of carbonyl (C=O) groups is 1. The van der Waals surface area contributed by atoms with Crippen LogP contribution < -0.4 is 15.4 Å². The van der Waals surface area contributed by atoms with Crippen molar-refractivity contribution in [2.75, 3.05) is 12.4 Å². The van der Waals surface area contributed by atoms with Crippen LogP contribution in [0.1, 0.15) is 19.3 Å². The highest BCUT2D eigenvalue weighted by molar-refractivity contribution is 5.89. The molecule has 0 bridgehead atoms. The number of benzene rings is 1. The lowest BCUT2D eigenvalue weighted by Gasteiger charge is -2.26. The topological polar surface area (TPSA) is 50.4 Å².